The smallest absolute Gasteiger partial charge is 0.255 e. The Bertz CT molecular complexity index is 696. The zero-order valence-electron chi connectivity index (χ0n) is 13.2. The third-order valence-corrected chi connectivity index (χ3v) is 4.18. The Labute approximate surface area is 140 Å². The topological polar surface area (TPSA) is 82.0 Å². The van der Waals surface area contributed by atoms with Gasteiger partial charge in [0.25, 0.3) is 5.91 Å². The van der Waals surface area contributed by atoms with Gasteiger partial charge in [0.05, 0.1) is 19.1 Å². The number of benzene rings is 2. The molecule has 1 atom stereocenters. The number of aromatic hydroxyl groups is 1. The number of carbonyl (C=O) groups is 1. The molecule has 126 valence electrons. The van der Waals surface area contributed by atoms with Gasteiger partial charge in [-0.2, -0.15) is 0 Å². The Hall–Kier alpha value is -2.57. The lowest BCUT2D eigenvalue weighted by Gasteiger charge is -2.29. The molecule has 3 rings (SSSR count). The first-order chi connectivity index (χ1) is 11.7. The Kier molecular flexibility index (Phi) is 4.98. The van der Waals surface area contributed by atoms with E-state index in [4.69, 9.17) is 9.94 Å². The van der Waals surface area contributed by atoms with Crippen molar-refractivity contribution in [2.75, 3.05) is 31.2 Å². The first-order valence-corrected chi connectivity index (χ1v) is 7.84. The van der Waals surface area contributed by atoms with Crippen molar-refractivity contribution >= 4 is 11.6 Å². The molecule has 0 radical (unpaired) electrons. The lowest BCUT2D eigenvalue weighted by Crippen LogP contribution is -2.36. The Morgan fingerprint density at radius 2 is 1.79 bits per heavy atom. The molecule has 1 unspecified atom stereocenters. The van der Waals surface area contributed by atoms with Crippen LogP contribution < -0.4 is 10.4 Å². The van der Waals surface area contributed by atoms with Crippen molar-refractivity contribution in [1.29, 1.82) is 0 Å². The Balaban J connectivity index is 1.89. The number of anilines is 1. The van der Waals surface area contributed by atoms with Crippen LogP contribution in [0.4, 0.5) is 5.69 Å². The van der Waals surface area contributed by atoms with Crippen molar-refractivity contribution < 1.29 is 19.8 Å². The fraction of sp³-hybridized carbons (Fsp3) is 0.278. The van der Waals surface area contributed by atoms with Crippen LogP contribution in [0.15, 0.2) is 48.5 Å². The van der Waals surface area contributed by atoms with Crippen molar-refractivity contribution in [2.45, 2.75) is 5.92 Å². The van der Waals surface area contributed by atoms with Gasteiger partial charge in [0.1, 0.15) is 5.75 Å². The Morgan fingerprint density at radius 3 is 2.42 bits per heavy atom. The standard InChI is InChI=1S/C18H20N2O4/c21-16-3-1-2-14(12-16)17(18(22)19-23)13-4-6-15(7-5-13)20-8-10-24-11-9-20/h1-7,12,17,21,23H,8-11H2,(H,19,22). The lowest BCUT2D eigenvalue weighted by atomic mass is 9.90. The summed E-state index contributed by atoms with van der Waals surface area (Å²) >= 11 is 0. The van der Waals surface area contributed by atoms with Gasteiger partial charge in [-0.1, -0.05) is 24.3 Å². The molecule has 0 saturated carbocycles. The molecular formula is C18H20N2O4. The molecule has 6 nitrogen and oxygen atoms in total. The van der Waals surface area contributed by atoms with E-state index in [1.165, 1.54) is 6.07 Å². The molecule has 2 aromatic carbocycles. The van der Waals surface area contributed by atoms with Crippen molar-refractivity contribution in [3.8, 4) is 5.75 Å². The van der Waals surface area contributed by atoms with Crippen LogP contribution in [0, 0.1) is 0 Å². The van der Waals surface area contributed by atoms with Gasteiger partial charge in [-0.3, -0.25) is 10.0 Å². The molecule has 0 aliphatic carbocycles. The molecule has 2 aromatic rings. The molecule has 24 heavy (non-hydrogen) atoms. The molecule has 1 heterocycles. The number of morpholine rings is 1. The number of nitrogens with one attached hydrogen (secondary N) is 1. The predicted molar refractivity (Wildman–Crippen MR) is 89.4 cm³/mol. The predicted octanol–water partition coefficient (Wildman–Crippen LogP) is 1.87. The first-order valence-electron chi connectivity index (χ1n) is 7.84. The number of phenolic OH excluding ortho intramolecular Hbond substituents is 1. The molecule has 1 fully saturated rings. The van der Waals surface area contributed by atoms with Crippen molar-refractivity contribution in [1.82, 2.24) is 5.48 Å². The van der Waals surface area contributed by atoms with E-state index in [1.54, 1.807) is 23.7 Å². The van der Waals surface area contributed by atoms with Gasteiger partial charge < -0.3 is 14.7 Å². The molecule has 6 heteroatoms. The van der Waals surface area contributed by atoms with Crippen LogP contribution in [-0.4, -0.2) is 42.5 Å². The summed E-state index contributed by atoms with van der Waals surface area (Å²) in [5.74, 6) is -1.16. The minimum atomic E-state index is -0.694. The molecule has 0 bridgehead atoms. The number of rotatable bonds is 4. The number of nitrogens with zero attached hydrogens (tertiary/aromatic N) is 1. The highest BCUT2D eigenvalue weighted by atomic mass is 16.5. The first kappa shape index (κ1) is 16.3. The second-order valence-electron chi connectivity index (χ2n) is 5.70. The summed E-state index contributed by atoms with van der Waals surface area (Å²) in [6.07, 6.45) is 0. The number of hydrogen-bond acceptors (Lipinski definition) is 5. The van der Waals surface area contributed by atoms with Crippen LogP contribution in [0.2, 0.25) is 0 Å². The van der Waals surface area contributed by atoms with E-state index >= 15 is 0 Å². The summed E-state index contributed by atoms with van der Waals surface area (Å²) in [4.78, 5) is 14.4. The van der Waals surface area contributed by atoms with Gasteiger partial charge in [-0.25, -0.2) is 5.48 Å². The van der Waals surface area contributed by atoms with E-state index in [2.05, 4.69) is 4.90 Å². The largest absolute Gasteiger partial charge is 0.508 e. The fourth-order valence-electron chi connectivity index (χ4n) is 2.96. The molecule has 1 aliphatic rings. The highest BCUT2D eigenvalue weighted by Crippen LogP contribution is 2.29. The average Bonchev–Trinajstić information content (AvgIpc) is 2.63. The van der Waals surface area contributed by atoms with Crippen LogP contribution >= 0.6 is 0 Å². The highest BCUT2D eigenvalue weighted by Gasteiger charge is 2.23. The van der Waals surface area contributed by atoms with E-state index in [0.717, 1.165) is 24.3 Å². The van der Waals surface area contributed by atoms with Crippen molar-refractivity contribution in [2.24, 2.45) is 0 Å². The lowest BCUT2D eigenvalue weighted by molar-refractivity contribution is -0.129. The van der Waals surface area contributed by atoms with Crippen LogP contribution in [0.25, 0.3) is 0 Å². The number of phenols is 1. The van der Waals surface area contributed by atoms with Gasteiger partial charge in [0.15, 0.2) is 0 Å². The van der Waals surface area contributed by atoms with Gasteiger partial charge >= 0.3 is 0 Å². The minimum Gasteiger partial charge on any atom is -0.508 e. The number of hydroxylamine groups is 1. The summed E-state index contributed by atoms with van der Waals surface area (Å²) in [6, 6.07) is 14.1. The number of carbonyl (C=O) groups excluding carboxylic acids is 1. The monoisotopic (exact) mass is 328 g/mol. The summed E-state index contributed by atoms with van der Waals surface area (Å²) in [6.45, 7) is 3.10. The third kappa shape index (κ3) is 3.50. The molecule has 1 aliphatic heterocycles. The number of ether oxygens (including phenoxy) is 1. The highest BCUT2D eigenvalue weighted by molar-refractivity contribution is 5.86. The number of hydrogen-bond donors (Lipinski definition) is 3. The van der Waals surface area contributed by atoms with Crippen molar-refractivity contribution in [3.05, 3.63) is 59.7 Å². The van der Waals surface area contributed by atoms with Gasteiger partial charge in [0.2, 0.25) is 0 Å². The summed E-state index contributed by atoms with van der Waals surface area (Å²) in [5.41, 5.74) is 4.13. The molecule has 1 saturated heterocycles. The molecule has 0 spiro atoms. The Morgan fingerprint density at radius 1 is 1.08 bits per heavy atom. The quantitative estimate of drug-likeness (QED) is 0.589. The zero-order valence-corrected chi connectivity index (χ0v) is 13.2. The van der Waals surface area contributed by atoms with Crippen LogP contribution in [0.1, 0.15) is 17.0 Å². The molecule has 3 N–H and O–H groups in total. The summed E-state index contributed by atoms with van der Waals surface area (Å²) < 4.78 is 5.35. The second-order valence-corrected chi connectivity index (χ2v) is 5.70. The maximum absolute atomic E-state index is 12.1. The van der Waals surface area contributed by atoms with Gasteiger partial charge in [0, 0.05) is 18.8 Å². The SMILES string of the molecule is O=C(NO)C(c1ccc(N2CCOCC2)cc1)c1cccc(O)c1. The minimum absolute atomic E-state index is 0.0770. The zero-order chi connectivity index (χ0) is 16.9. The van der Waals surface area contributed by atoms with E-state index < -0.39 is 11.8 Å². The summed E-state index contributed by atoms with van der Waals surface area (Å²) in [5, 5.41) is 18.7. The van der Waals surface area contributed by atoms with Gasteiger partial charge in [-0.15, -0.1) is 0 Å². The van der Waals surface area contributed by atoms with Crippen LogP contribution in [0.3, 0.4) is 0 Å². The van der Waals surface area contributed by atoms with Crippen LogP contribution in [0.5, 0.6) is 5.75 Å². The van der Waals surface area contributed by atoms with E-state index in [1.807, 2.05) is 24.3 Å². The van der Waals surface area contributed by atoms with Gasteiger partial charge in [-0.05, 0) is 35.4 Å². The molecular weight excluding hydrogens is 308 g/mol. The summed E-state index contributed by atoms with van der Waals surface area (Å²) in [7, 11) is 0. The van der Waals surface area contributed by atoms with E-state index in [9.17, 15) is 9.90 Å². The third-order valence-electron chi connectivity index (χ3n) is 4.18. The van der Waals surface area contributed by atoms with E-state index in [0.29, 0.717) is 18.8 Å². The van der Waals surface area contributed by atoms with Crippen LogP contribution in [-0.2, 0) is 9.53 Å². The second kappa shape index (κ2) is 7.33. The van der Waals surface area contributed by atoms with E-state index in [-0.39, 0.29) is 5.75 Å². The molecule has 0 aromatic heterocycles. The molecule has 1 amide bonds. The maximum atomic E-state index is 12.1. The number of amides is 1. The fourth-order valence-corrected chi connectivity index (χ4v) is 2.96. The average molecular weight is 328 g/mol. The maximum Gasteiger partial charge on any atom is 0.255 e. The van der Waals surface area contributed by atoms with Crippen molar-refractivity contribution in [3.63, 3.8) is 0 Å². The normalized spacial score (nSPS) is 15.8.